The number of aromatic carboxylic acids is 1. The van der Waals surface area contributed by atoms with Gasteiger partial charge in [-0.1, -0.05) is 12.1 Å². The molecule has 20 heavy (non-hydrogen) atoms. The van der Waals surface area contributed by atoms with E-state index in [0.717, 1.165) is 11.8 Å². The first-order valence-electron chi connectivity index (χ1n) is 5.45. The summed E-state index contributed by atoms with van der Waals surface area (Å²) in [6, 6.07) is 8.52. The topological polar surface area (TPSA) is 122 Å². The zero-order chi connectivity index (χ0) is 14.7. The SMILES string of the molecule is N#Cc1ccc(Cn2cc([N+](=O)[O-])c(C(=O)O)n2)cc1. The molecular weight excluding hydrogens is 264 g/mol. The average Bonchev–Trinajstić information content (AvgIpc) is 2.84. The fourth-order valence-corrected chi connectivity index (χ4v) is 1.65. The van der Waals surface area contributed by atoms with Gasteiger partial charge in [0.1, 0.15) is 6.20 Å². The van der Waals surface area contributed by atoms with Crippen LogP contribution in [-0.4, -0.2) is 25.8 Å². The van der Waals surface area contributed by atoms with Crippen LogP contribution in [0.25, 0.3) is 0 Å². The third-order valence-electron chi connectivity index (χ3n) is 2.57. The lowest BCUT2D eigenvalue weighted by Gasteiger charge is -2.00. The maximum Gasteiger partial charge on any atom is 0.363 e. The second kappa shape index (κ2) is 5.19. The van der Waals surface area contributed by atoms with Gasteiger partial charge in [0.15, 0.2) is 0 Å². The molecule has 0 aliphatic carbocycles. The van der Waals surface area contributed by atoms with E-state index in [2.05, 4.69) is 5.10 Å². The number of aromatic nitrogens is 2. The number of carboxylic acids is 1. The smallest absolute Gasteiger partial charge is 0.363 e. The van der Waals surface area contributed by atoms with E-state index in [4.69, 9.17) is 10.4 Å². The number of carboxylic acid groups (broad SMARTS) is 1. The molecule has 2 rings (SSSR count). The van der Waals surface area contributed by atoms with Crippen molar-refractivity contribution in [3.8, 4) is 6.07 Å². The third kappa shape index (κ3) is 2.62. The van der Waals surface area contributed by atoms with Crippen LogP contribution in [0.4, 0.5) is 5.69 Å². The lowest BCUT2D eigenvalue weighted by Crippen LogP contribution is -2.04. The number of rotatable bonds is 4. The minimum absolute atomic E-state index is 0.180. The Hall–Kier alpha value is -3.21. The first-order valence-corrected chi connectivity index (χ1v) is 5.45. The normalized spacial score (nSPS) is 9.95. The molecule has 8 nitrogen and oxygen atoms in total. The summed E-state index contributed by atoms with van der Waals surface area (Å²) in [6.07, 6.45) is 1.07. The number of benzene rings is 1. The Morgan fingerprint density at radius 2 is 2.10 bits per heavy atom. The van der Waals surface area contributed by atoms with Crippen LogP contribution in [0.1, 0.15) is 21.6 Å². The Morgan fingerprint density at radius 1 is 1.45 bits per heavy atom. The fourth-order valence-electron chi connectivity index (χ4n) is 1.65. The first kappa shape index (κ1) is 13.2. The predicted molar refractivity (Wildman–Crippen MR) is 66.1 cm³/mol. The van der Waals surface area contributed by atoms with Crippen molar-refractivity contribution >= 4 is 11.7 Å². The van der Waals surface area contributed by atoms with Gasteiger partial charge in [0, 0.05) is 0 Å². The van der Waals surface area contributed by atoms with E-state index in [9.17, 15) is 14.9 Å². The molecule has 8 heteroatoms. The van der Waals surface area contributed by atoms with Gasteiger partial charge in [-0.25, -0.2) is 4.79 Å². The highest BCUT2D eigenvalue weighted by atomic mass is 16.6. The summed E-state index contributed by atoms with van der Waals surface area (Å²) in [6.45, 7) is 0.180. The Kier molecular flexibility index (Phi) is 3.43. The molecule has 0 radical (unpaired) electrons. The number of hydrogen-bond donors (Lipinski definition) is 1. The van der Waals surface area contributed by atoms with Crippen molar-refractivity contribution in [3.05, 3.63) is 57.4 Å². The predicted octanol–water partition coefficient (Wildman–Crippen LogP) is 1.41. The van der Waals surface area contributed by atoms with Crippen LogP contribution in [0.5, 0.6) is 0 Å². The van der Waals surface area contributed by atoms with Crippen LogP contribution < -0.4 is 0 Å². The van der Waals surface area contributed by atoms with Gasteiger partial charge in [-0.3, -0.25) is 14.8 Å². The molecule has 2 aromatic rings. The summed E-state index contributed by atoms with van der Waals surface area (Å²) in [5, 5.41) is 31.9. The molecule has 1 N–H and O–H groups in total. The lowest BCUT2D eigenvalue weighted by atomic mass is 10.1. The summed E-state index contributed by atoms with van der Waals surface area (Å²) in [5.74, 6) is -1.45. The van der Waals surface area contributed by atoms with Crippen molar-refractivity contribution in [1.82, 2.24) is 9.78 Å². The average molecular weight is 272 g/mol. The van der Waals surface area contributed by atoms with Crippen molar-refractivity contribution in [2.45, 2.75) is 6.54 Å². The van der Waals surface area contributed by atoms with Gasteiger partial charge < -0.3 is 5.11 Å². The number of carbonyl (C=O) groups is 1. The van der Waals surface area contributed by atoms with Crippen molar-refractivity contribution in [2.24, 2.45) is 0 Å². The minimum Gasteiger partial charge on any atom is -0.476 e. The molecule has 100 valence electrons. The molecule has 0 amide bonds. The van der Waals surface area contributed by atoms with E-state index in [1.165, 1.54) is 4.68 Å². The molecule has 1 heterocycles. The van der Waals surface area contributed by atoms with E-state index in [1.807, 2.05) is 6.07 Å². The Labute approximate surface area is 112 Å². The molecule has 0 saturated carbocycles. The van der Waals surface area contributed by atoms with E-state index in [0.29, 0.717) is 5.56 Å². The number of nitro groups is 1. The Morgan fingerprint density at radius 3 is 2.55 bits per heavy atom. The van der Waals surface area contributed by atoms with Crippen molar-refractivity contribution in [2.75, 3.05) is 0 Å². The molecule has 0 saturated heterocycles. The second-order valence-electron chi connectivity index (χ2n) is 3.93. The van der Waals surface area contributed by atoms with Crippen LogP contribution in [0.3, 0.4) is 0 Å². The Bertz CT molecular complexity index is 681. The van der Waals surface area contributed by atoms with Crippen LogP contribution in [-0.2, 0) is 6.54 Å². The van der Waals surface area contributed by atoms with Gasteiger partial charge in [0.2, 0.25) is 5.69 Å². The Balaban J connectivity index is 2.29. The molecular formula is C12H8N4O4. The van der Waals surface area contributed by atoms with Crippen molar-refractivity contribution in [3.63, 3.8) is 0 Å². The molecule has 1 aromatic heterocycles. The van der Waals surface area contributed by atoms with E-state index < -0.39 is 22.3 Å². The third-order valence-corrected chi connectivity index (χ3v) is 2.57. The van der Waals surface area contributed by atoms with E-state index in [-0.39, 0.29) is 6.54 Å². The molecule has 0 bridgehead atoms. The van der Waals surface area contributed by atoms with Gasteiger partial charge in [-0.05, 0) is 17.7 Å². The lowest BCUT2D eigenvalue weighted by molar-refractivity contribution is -0.385. The van der Waals surface area contributed by atoms with E-state index >= 15 is 0 Å². The standard InChI is InChI=1S/C12H8N4O4/c13-5-8-1-3-9(4-2-8)6-15-7-10(16(19)20)11(14-15)12(17)18/h1-4,7H,6H2,(H,17,18). The molecule has 0 spiro atoms. The highest BCUT2D eigenvalue weighted by molar-refractivity contribution is 5.89. The minimum atomic E-state index is -1.45. The zero-order valence-corrected chi connectivity index (χ0v) is 10.1. The summed E-state index contributed by atoms with van der Waals surface area (Å²) >= 11 is 0. The number of nitrogens with zero attached hydrogens (tertiary/aromatic N) is 4. The van der Waals surface area contributed by atoms with Gasteiger partial charge in [-0.15, -0.1) is 0 Å². The van der Waals surface area contributed by atoms with Crippen LogP contribution in [0.2, 0.25) is 0 Å². The van der Waals surface area contributed by atoms with Crippen LogP contribution >= 0.6 is 0 Å². The van der Waals surface area contributed by atoms with Crippen LogP contribution in [0, 0.1) is 21.4 Å². The fraction of sp³-hybridized carbons (Fsp3) is 0.0833. The number of hydrogen-bond acceptors (Lipinski definition) is 5. The largest absolute Gasteiger partial charge is 0.476 e. The van der Waals surface area contributed by atoms with Gasteiger partial charge in [0.05, 0.1) is 23.1 Å². The first-order chi connectivity index (χ1) is 9.51. The molecule has 1 aromatic carbocycles. The second-order valence-corrected chi connectivity index (χ2v) is 3.93. The summed E-state index contributed by atoms with van der Waals surface area (Å²) in [4.78, 5) is 20.8. The quantitative estimate of drug-likeness (QED) is 0.663. The van der Waals surface area contributed by atoms with Crippen molar-refractivity contribution < 1.29 is 14.8 Å². The molecule has 0 unspecified atom stereocenters. The highest BCUT2D eigenvalue weighted by Gasteiger charge is 2.25. The highest BCUT2D eigenvalue weighted by Crippen LogP contribution is 2.17. The zero-order valence-electron chi connectivity index (χ0n) is 10.1. The van der Waals surface area contributed by atoms with Crippen LogP contribution in [0.15, 0.2) is 30.5 Å². The summed E-state index contributed by atoms with van der Waals surface area (Å²) in [7, 11) is 0. The number of nitriles is 1. The maximum atomic E-state index is 10.9. The van der Waals surface area contributed by atoms with Gasteiger partial charge in [-0.2, -0.15) is 10.4 Å². The van der Waals surface area contributed by atoms with E-state index in [1.54, 1.807) is 24.3 Å². The van der Waals surface area contributed by atoms with Crippen molar-refractivity contribution in [1.29, 1.82) is 5.26 Å². The summed E-state index contributed by atoms with van der Waals surface area (Å²) in [5.41, 5.74) is 0.0968. The summed E-state index contributed by atoms with van der Waals surface area (Å²) < 4.78 is 1.18. The molecule has 0 aliphatic rings. The monoisotopic (exact) mass is 272 g/mol. The van der Waals surface area contributed by atoms with Gasteiger partial charge >= 0.3 is 11.7 Å². The van der Waals surface area contributed by atoms with Gasteiger partial charge in [0.25, 0.3) is 0 Å². The maximum absolute atomic E-state index is 10.9. The molecule has 0 fully saturated rings. The molecule has 0 atom stereocenters. The molecule has 0 aliphatic heterocycles.